The van der Waals surface area contributed by atoms with Crippen molar-refractivity contribution in [2.45, 2.75) is 0 Å². The molecule has 134 valence electrons. The first kappa shape index (κ1) is 16.7. The van der Waals surface area contributed by atoms with Crippen LogP contribution < -0.4 is 19.5 Å². The predicted octanol–water partition coefficient (Wildman–Crippen LogP) is 4.86. The van der Waals surface area contributed by atoms with Gasteiger partial charge in [0.2, 0.25) is 12.7 Å². The topological polar surface area (TPSA) is 56.8 Å². The van der Waals surface area contributed by atoms with Crippen LogP contribution >= 0.6 is 0 Å². The summed E-state index contributed by atoms with van der Waals surface area (Å²) < 4.78 is 16.5. The van der Waals surface area contributed by atoms with E-state index < -0.39 is 0 Å². The molecule has 0 spiro atoms. The second kappa shape index (κ2) is 7.66. The molecule has 0 saturated heterocycles. The van der Waals surface area contributed by atoms with Gasteiger partial charge in [0.25, 0.3) is 0 Å². The number of rotatable bonds is 5. The van der Waals surface area contributed by atoms with Crippen LogP contribution in [-0.4, -0.2) is 12.7 Å². The minimum absolute atomic E-state index is 0.223. The van der Waals surface area contributed by atoms with Crippen molar-refractivity contribution in [2.75, 3.05) is 12.1 Å². The van der Waals surface area contributed by atoms with Gasteiger partial charge in [-0.1, -0.05) is 36.4 Å². The van der Waals surface area contributed by atoms with Gasteiger partial charge in [-0.05, 0) is 48.0 Å². The Morgan fingerprint density at radius 2 is 1.70 bits per heavy atom. The molecule has 1 aliphatic rings. The van der Waals surface area contributed by atoms with E-state index in [1.54, 1.807) is 12.1 Å². The number of anilines is 1. The first-order chi connectivity index (χ1) is 13.3. The van der Waals surface area contributed by atoms with Crippen molar-refractivity contribution in [3.05, 3.63) is 84.4 Å². The van der Waals surface area contributed by atoms with E-state index in [1.165, 1.54) is 6.08 Å². The van der Waals surface area contributed by atoms with Crippen LogP contribution in [0.15, 0.2) is 78.9 Å². The molecule has 0 aromatic heterocycles. The molecule has 1 heterocycles. The molecule has 0 bridgehead atoms. The number of carbonyl (C=O) groups is 1. The number of ether oxygens (including phenoxy) is 3. The number of para-hydroxylation sites is 3. The number of hydrogen-bond acceptors (Lipinski definition) is 4. The van der Waals surface area contributed by atoms with Crippen LogP contribution in [0.4, 0.5) is 5.69 Å². The zero-order chi connectivity index (χ0) is 18.5. The van der Waals surface area contributed by atoms with Gasteiger partial charge in [-0.2, -0.15) is 0 Å². The van der Waals surface area contributed by atoms with Gasteiger partial charge in [0.05, 0.1) is 5.69 Å². The van der Waals surface area contributed by atoms with E-state index >= 15 is 0 Å². The first-order valence-corrected chi connectivity index (χ1v) is 8.48. The molecule has 0 unspecified atom stereocenters. The van der Waals surface area contributed by atoms with E-state index in [0.29, 0.717) is 28.7 Å². The third-order valence-corrected chi connectivity index (χ3v) is 3.94. The molecule has 5 heteroatoms. The summed E-state index contributed by atoms with van der Waals surface area (Å²) in [5.41, 5.74) is 1.45. The Morgan fingerprint density at radius 1 is 0.926 bits per heavy atom. The molecule has 4 rings (SSSR count). The van der Waals surface area contributed by atoms with Gasteiger partial charge < -0.3 is 19.5 Å². The molecule has 5 nitrogen and oxygen atoms in total. The van der Waals surface area contributed by atoms with Crippen molar-refractivity contribution in [3.8, 4) is 23.0 Å². The Morgan fingerprint density at radius 3 is 2.59 bits per heavy atom. The van der Waals surface area contributed by atoms with Crippen molar-refractivity contribution in [1.82, 2.24) is 0 Å². The van der Waals surface area contributed by atoms with E-state index in [2.05, 4.69) is 5.32 Å². The average Bonchev–Trinajstić information content (AvgIpc) is 3.17. The molecule has 1 N–H and O–H groups in total. The highest BCUT2D eigenvalue weighted by atomic mass is 16.7. The van der Waals surface area contributed by atoms with Crippen molar-refractivity contribution in [3.63, 3.8) is 0 Å². The van der Waals surface area contributed by atoms with Gasteiger partial charge >= 0.3 is 0 Å². The zero-order valence-electron chi connectivity index (χ0n) is 14.4. The molecule has 27 heavy (non-hydrogen) atoms. The van der Waals surface area contributed by atoms with E-state index in [-0.39, 0.29) is 12.7 Å². The highest BCUT2D eigenvalue weighted by molar-refractivity contribution is 6.02. The summed E-state index contributed by atoms with van der Waals surface area (Å²) in [6.45, 7) is 0.223. The van der Waals surface area contributed by atoms with E-state index in [0.717, 1.165) is 5.56 Å². The van der Waals surface area contributed by atoms with E-state index in [1.807, 2.05) is 66.7 Å². The lowest BCUT2D eigenvalue weighted by molar-refractivity contribution is -0.111. The fourth-order valence-corrected chi connectivity index (χ4v) is 2.64. The highest BCUT2D eigenvalue weighted by Crippen LogP contribution is 2.33. The van der Waals surface area contributed by atoms with Crippen LogP contribution in [0.5, 0.6) is 23.0 Å². The highest BCUT2D eigenvalue weighted by Gasteiger charge is 2.12. The van der Waals surface area contributed by atoms with Crippen molar-refractivity contribution in [2.24, 2.45) is 0 Å². The fraction of sp³-hybridized carbons (Fsp3) is 0.0455. The number of hydrogen-bond donors (Lipinski definition) is 1. The summed E-state index contributed by atoms with van der Waals surface area (Å²) in [6.07, 6.45) is 3.19. The SMILES string of the molecule is O=C(/C=C/c1ccc2c(c1)OCO2)Nc1ccccc1Oc1ccccc1. The Labute approximate surface area is 156 Å². The van der Waals surface area contributed by atoms with Crippen molar-refractivity contribution in [1.29, 1.82) is 0 Å². The van der Waals surface area contributed by atoms with Crippen molar-refractivity contribution >= 4 is 17.7 Å². The van der Waals surface area contributed by atoms with Gasteiger partial charge in [-0.15, -0.1) is 0 Å². The van der Waals surface area contributed by atoms with E-state index in [4.69, 9.17) is 14.2 Å². The van der Waals surface area contributed by atoms with Gasteiger partial charge in [0, 0.05) is 6.08 Å². The molecule has 0 radical (unpaired) electrons. The average molecular weight is 359 g/mol. The molecule has 1 amide bonds. The lowest BCUT2D eigenvalue weighted by Crippen LogP contribution is -2.08. The molecule has 0 saturated carbocycles. The molecule has 3 aromatic rings. The summed E-state index contributed by atoms with van der Waals surface area (Å²) in [4.78, 5) is 12.3. The zero-order valence-corrected chi connectivity index (χ0v) is 14.4. The smallest absolute Gasteiger partial charge is 0.248 e. The van der Waals surface area contributed by atoms with Crippen molar-refractivity contribution < 1.29 is 19.0 Å². The quantitative estimate of drug-likeness (QED) is 0.661. The molecular weight excluding hydrogens is 342 g/mol. The molecule has 0 aliphatic carbocycles. The van der Waals surface area contributed by atoms with Crippen LogP contribution in [0.1, 0.15) is 5.56 Å². The van der Waals surface area contributed by atoms with Crippen LogP contribution in [0.3, 0.4) is 0 Å². The third-order valence-electron chi connectivity index (χ3n) is 3.94. The minimum atomic E-state index is -0.253. The monoisotopic (exact) mass is 359 g/mol. The van der Waals surface area contributed by atoms with Crippen LogP contribution in [0.2, 0.25) is 0 Å². The summed E-state index contributed by atoms with van der Waals surface area (Å²) >= 11 is 0. The van der Waals surface area contributed by atoms with Gasteiger partial charge in [-0.3, -0.25) is 4.79 Å². The van der Waals surface area contributed by atoms with Crippen LogP contribution in [-0.2, 0) is 4.79 Å². The maximum atomic E-state index is 12.3. The second-order valence-electron chi connectivity index (χ2n) is 5.85. The number of carbonyl (C=O) groups excluding carboxylic acids is 1. The van der Waals surface area contributed by atoms with Gasteiger partial charge in [-0.25, -0.2) is 0 Å². The predicted molar refractivity (Wildman–Crippen MR) is 103 cm³/mol. The Balaban J connectivity index is 1.45. The Bertz CT molecular complexity index is 983. The van der Waals surface area contributed by atoms with E-state index in [9.17, 15) is 4.79 Å². The van der Waals surface area contributed by atoms with Gasteiger partial charge in [0.1, 0.15) is 5.75 Å². The van der Waals surface area contributed by atoms with Crippen LogP contribution in [0.25, 0.3) is 6.08 Å². The largest absolute Gasteiger partial charge is 0.455 e. The minimum Gasteiger partial charge on any atom is -0.455 e. The maximum Gasteiger partial charge on any atom is 0.248 e. The third kappa shape index (κ3) is 4.10. The standard InChI is InChI=1S/C22H17NO4/c24-22(13-11-16-10-12-20-21(14-16)26-15-25-20)23-18-8-4-5-9-19(18)27-17-6-2-1-3-7-17/h1-14H,15H2,(H,23,24)/b13-11+. The fourth-order valence-electron chi connectivity index (χ4n) is 2.64. The van der Waals surface area contributed by atoms with Gasteiger partial charge in [0.15, 0.2) is 17.2 Å². The molecule has 1 aliphatic heterocycles. The summed E-state index contributed by atoms with van der Waals surface area (Å²) in [7, 11) is 0. The molecular formula is C22H17NO4. The molecule has 0 atom stereocenters. The Kier molecular flexibility index (Phi) is 4.74. The number of fused-ring (bicyclic) bond motifs is 1. The first-order valence-electron chi connectivity index (χ1n) is 8.48. The lowest BCUT2D eigenvalue weighted by atomic mass is 10.2. The molecule has 3 aromatic carbocycles. The summed E-state index contributed by atoms with van der Waals surface area (Å²) in [5, 5.41) is 2.85. The number of nitrogens with one attached hydrogen (secondary N) is 1. The Hall–Kier alpha value is -3.73. The summed E-state index contributed by atoms with van der Waals surface area (Å²) in [6, 6.07) is 22.2. The maximum absolute atomic E-state index is 12.3. The number of benzene rings is 3. The lowest BCUT2D eigenvalue weighted by Gasteiger charge is -2.11. The second-order valence-corrected chi connectivity index (χ2v) is 5.85. The number of amides is 1. The van der Waals surface area contributed by atoms with Crippen LogP contribution in [0, 0.1) is 0 Å². The molecule has 0 fully saturated rings. The summed E-state index contributed by atoms with van der Waals surface area (Å²) in [5.74, 6) is 2.42. The normalized spacial score (nSPS) is 12.1.